The molecule has 182 valence electrons. The molecule has 8 heteroatoms. The van der Waals surface area contributed by atoms with Crippen LogP contribution in [0.3, 0.4) is 0 Å². The van der Waals surface area contributed by atoms with Crippen LogP contribution in [-0.4, -0.2) is 39.5 Å². The molecule has 5 rings (SSSR count). The molecule has 0 saturated carbocycles. The molecule has 0 atom stereocenters. The number of aliphatic hydroxyl groups is 1. The lowest BCUT2D eigenvalue weighted by Crippen LogP contribution is -2.44. The Morgan fingerprint density at radius 2 is 1.77 bits per heavy atom. The van der Waals surface area contributed by atoms with Crippen LogP contribution in [0.25, 0.3) is 22.2 Å². The van der Waals surface area contributed by atoms with Crippen molar-refractivity contribution in [1.29, 1.82) is 0 Å². The van der Waals surface area contributed by atoms with Crippen LogP contribution in [0.15, 0.2) is 72.8 Å². The van der Waals surface area contributed by atoms with Gasteiger partial charge >= 0.3 is 0 Å². The second-order valence-electron chi connectivity index (χ2n) is 8.93. The van der Waals surface area contributed by atoms with Gasteiger partial charge in [-0.1, -0.05) is 30.3 Å². The summed E-state index contributed by atoms with van der Waals surface area (Å²) in [6.45, 7) is 1.89. The molecule has 3 aromatic carbocycles. The smallest absolute Gasteiger partial charge is 0.228 e. The fourth-order valence-corrected chi connectivity index (χ4v) is 4.51. The summed E-state index contributed by atoms with van der Waals surface area (Å²) < 4.78 is 15.4. The number of amides is 1. The van der Waals surface area contributed by atoms with E-state index in [1.54, 1.807) is 12.1 Å². The van der Waals surface area contributed by atoms with Crippen molar-refractivity contribution in [1.82, 2.24) is 15.1 Å². The van der Waals surface area contributed by atoms with Crippen molar-refractivity contribution in [2.75, 3.05) is 18.4 Å². The fraction of sp³-hybridized carbons (Fsp3) is 0.259. The van der Waals surface area contributed by atoms with Gasteiger partial charge in [0.15, 0.2) is 0 Å². The zero-order valence-corrected chi connectivity index (χ0v) is 20.0. The predicted molar refractivity (Wildman–Crippen MR) is 138 cm³/mol. The van der Waals surface area contributed by atoms with Gasteiger partial charge in [-0.2, -0.15) is 5.10 Å². The number of rotatable bonds is 6. The highest BCUT2D eigenvalue weighted by molar-refractivity contribution is 5.99. The molecule has 0 unspecified atom stereocenters. The van der Waals surface area contributed by atoms with E-state index in [4.69, 9.17) is 5.10 Å². The molecule has 1 amide bonds. The van der Waals surface area contributed by atoms with Gasteiger partial charge in [-0.3, -0.25) is 9.48 Å². The number of nitrogens with one attached hydrogen (secondary N) is 2. The van der Waals surface area contributed by atoms with E-state index in [1.807, 2.05) is 53.2 Å². The highest BCUT2D eigenvalue weighted by atomic mass is 35.5. The molecule has 1 aliphatic rings. The van der Waals surface area contributed by atoms with Gasteiger partial charge in [-0.25, -0.2) is 4.39 Å². The summed E-state index contributed by atoms with van der Waals surface area (Å²) in [7, 11) is 0. The maximum atomic E-state index is 13.6. The lowest BCUT2D eigenvalue weighted by molar-refractivity contribution is -0.115. The molecule has 4 aromatic rings. The minimum atomic E-state index is -0.840. The molecular formula is C27H28ClFN4O2. The number of benzene rings is 3. The Balaban J connectivity index is 0.00000289. The van der Waals surface area contributed by atoms with Crippen molar-refractivity contribution in [3.8, 4) is 11.3 Å². The van der Waals surface area contributed by atoms with Gasteiger partial charge in [0, 0.05) is 16.6 Å². The third-order valence-electron chi connectivity index (χ3n) is 6.34. The van der Waals surface area contributed by atoms with Crippen molar-refractivity contribution >= 4 is 34.9 Å². The maximum Gasteiger partial charge on any atom is 0.228 e. The normalized spacial score (nSPS) is 14.9. The average molecular weight is 495 g/mol. The molecule has 1 fully saturated rings. The zero-order valence-electron chi connectivity index (χ0n) is 19.2. The van der Waals surface area contributed by atoms with Crippen LogP contribution in [0, 0.1) is 5.82 Å². The minimum absolute atomic E-state index is 0. The van der Waals surface area contributed by atoms with Crippen molar-refractivity contribution in [2.45, 2.75) is 31.4 Å². The first-order chi connectivity index (χ1) is 16.5. The lowest BCUT2D eigenvalue weighted by Gasteiger charge is -2.32. The highest BCUT2D eigenvalue weighted by Crippen LogP contribution is 2.32. The van der Waals surface area contributed by atoms with Crippen LogP contribution in [0.2, 0.25) is 0 Å². The topological polar surface area (TPSA) is 79.2 Å². The average Bonchev–Trinajstić information content (AvgIpc) is 3.17. The first kappa shape index (κ1) is 24.9. The Bertz CT molecular complexity index is 1300. The van der Waals surface area contributed by atoms with Crippen LogP contribution >= 0.6 is 12.4 Å². The van der Waals surface area contributed by atoms with E-state index in [0.29, 0.717) is 30.8 Å². The van der Waals surface area contributed by atoms with E-state index in [1.165, 1.54) is 12.1 Å². The number of halogens is 2. The molecule has 0 aliphatic carbocycles. The van der Waals surface area contributed by atoms with Gasteiger partial charge in [0.2, 0.25) is 5.91 Å². The Morgan fingerprint density at radius 3 is 2.49 bits per heavy atom. The first-order valence-corrected chi connectivity index (χ1v) is 11.5. The van der Waals surface area contributed by atoms with E-state index in [-0.39, 0.29) is 30.6 Å². The minimum Gasteiger partial charge on any atom is -0.388 e. The molecule has 35 heavy (non-hydrogen) atoms. The number of nitrogens with zero attached hydrogens (tertiary/aromatic N) is 2. The second kappa shape index (κ2) is 10.6. The number of hydrogen-bond donors (Lipinski definition) is 3. The second-order valence-corrected chi connectivity index (χ2v) is 8.93. The van der Waals surface area contributed by atoms with E-state index >= 15 is 0 Å². The summed E-state index contributed by atoms with van der Waals surface area (Å²) in [6.07, 6.45) is 1.58. The molecular weight excluding hydrogens is 467 g/mol. The molecule has 0 bridgehead atoms. The van der Waals surface area contributed by atoms with Crippen LogP contribution in [0.1, 0.15) is 18.4 Å². The van der Waals surface area contributed by atoms with E-state index in [0.717, 1.165) is 35.1 Å². The summed E-state index contributed by atoms with van der Waals surface area (Å²) in [5.74, 6) is -0.421. The summed E-state index contributed by atoms with van der Waals surface area (Å²) in [5.41, 5.74) is 3.08. The van der Waals surface area contributed by atoms with Gasteiger partial charge in [0.25, 0.3) is 0 Å². The summed E-state index contributed by atoms with van der Waals surface area (Å²) >= 11 is 0. The van der Waals surface area contributed by atoms with Gasteiger partial charge in [0.1, 0.15) is 11.5 Å². The van der Waals surface area contributed by atoms with Gasteiger partial charge < -0.3 is 15.7 Å². The van der Waals surface area contributed by atoms with Crippen molar-refractivity contribution in [3.05, 3.63) is 84.2 Å². The van der Waals surface area contributed by atoms with Crippen molar-refractivity contribution in [3.63, 3.8) is 0 Å². The molecule has 1 aromatic heterocycles. The quantitative estimate of drug-likeness (QED) is 0.367. The van der Waals surface area contributed by atoms with Gasteiger partial charge in [-0.05, 0) is 74.0 Å². The van der Waals surface area contributed by atoms with Gasteiger partial charge in [0.05, 0.1) is 24.1 Å². The third-order valence-corrected chi connectivity index (χ3v) is 6.34. The molecule has 0 radical (unpaired) electrons. The van der Waals surface area contributed by atoms with Crippen LogP contribution in [0.4, 0.5) is 10.1 Å². The van der Waals surface area contributed by atoms with E-state index in [2.05, 4.69) is 10.6 Å². The Hall–Kier alpha value is -3.26. The highest BCUT2D eigenvalue weighted by Gasteiger charge is 2.31. The predicted octanol–water partition coefficient (Wildman–Crippen LogP) is 4.56. The van der Waals surface area contributed by atoms with Crippen LogP contribution in [-0.2, 0) is 17.8 Å². The number of aromatic nitrogens is 2. The first-order valence-electron chi connectivity index (χ1n) is 11.5. The maximum absolute atomic E-state index is 13.6. The molecule has 2 heterocycles. The van der Waals surface area contributed by atoms with Crippen LogP contribution in [0.5, 0.6) is 0 Å². The van der Waals surface area contributed by atoms with Crippen molar-refractivity contribution in [2.24, 2.45) is 0 Å². The zero-order chi connectivity index (χ0) is 23.5. The van der Waals surface area contributed by atoms with E-state index < -0.39 is 5.60 Å². The number of carbonyl (C=O) groups excluding carboxylic acids is 1. The SMILES string of the molecule is Cl.O=C(Cc1ccccc1)Nc1ccc2c(c1)c(-c1ccc(F)cc1)nn2CC1(O)CCNCC1. The lowest BCUT2D eigenvalue weighted by atomic mass is 9.92. The molecule has 0 spiro atoms. The number of anilines is 1. The molecule has 6 nitrogen and oxygen atoms in total. The molecule has 1 saturated heterocycles. The van der Waals surface area contributed by atoms with Crippen LogP contribution < -0.4 is 10.6 Å². The molecule has 3 N–H and O–H groups in total. The molecule has 1 aliphatic heterocycles. The Morgan fingerprint density at radius 1 is 1.06 bits per heavy atom. The van der Waals surface area contributed by atoms with Crippen molar-refractivity contribution < 1.29 is 14.3 Å². The fourth-order valence-electron chi connectivity index (χ4n) is 4.51. The Labute approximate surface area is 209 Å². The standard InChI is InChI=1S/C27H27FN4O2.ClH/c28-21-8-6-20(7-9-21)26-23-17-22(30-25(33)16-19-4-2-1-3-5-19)10-11-24(23)32(31-26)18-27(34)12-14-29-15-13-27;/h1-11,17,29,34H,12-16,18H2,(H,30,33);1H. The summed E-state index contributed by atoms with van der Waals surface area (Å²) in [6, 6.07) is 21.5. The Kier molecular flexibility index (Phi) is 7.50. The largest absolute Gasteiger partial charge is 0.388 e. The summed E-state index contributed by atoms with van der Waals surface area (Å²) in [4.78, 5) is 12.6. The monoisotopic (exact) mass is 494 g/mol. The number of fused-ring (bicyclic) bond motifs is 1. The van der Waals surface area contributed by atoms with E-state index in [9.17, 15) is 14.3 Å². The number of carbonyl (C=O) groups is 1. The summed E-state index contributed by atoms with van der Waals surface area (Å²) in [5, 5.41) is 23.0. The third kappa shape index (κ3) is 5.70. The number of piperidine rings is 1. The van der Waals surface area contributed by atoms with Gasteiger partial charge in [-0.15, -0.1) is 12.4 Å². The number of hydrogen-bond acceptors (Lipinski definition) is 4.